The SMILES string of the molecule is Cl.[2H]C([2H])([2H])N(C)[C@@H]1C(=O)C(C(N)=O)=C(O)[C@@]2(O)C(=O)C3=C(O)c4c(O)ccc(Cl)c4[C@@H](O)[C@H]3C[C@@H]12. The number of carbonyl (C=O) groups is 3. The van der Waals surface area contributed by atoms with E-state index in [-0.39, 0.29) is 28.6 Å². The topological polar surface area (TPSA) is 182 Å². The number of carbonyl (C=O) groups excluding carboxylic acids is 3. The first-order valence-electron chi connectivity index (χ1n) is 11.0. The second-order valence-corrected chi connectivity index (χ2v) is 8.52. The third-order valence-corrected chi connectivity index (χ3v) is 6.83. The molecule has 0 radical (unpaired) electrons. The summed E-state index contributed by atoms with van der Waals surface area (Å²) in [6, 6.07) is 0.520. The number of amides is 1. The number of likely N-dealkylation sites (N-methyl/N-ethyl adjacent to an activating group) is 1. The monoisotopic (exact) mass is 503 g/mol. The Balaban J connectivity index is 0.00000361. The quantitative estimate of drug-likeness (QED) is 0.313. The van der Waals surface area contributed by atoms with Crippen molar-refractivity contribution in [2.75, 3.05) is 14.0 Å². The standard InChI is InChI=1S/C21H21ClN2O8.ClH/c1-24(2)14-7-5-6-10(16(27)12-9(25)4-3-8(22)11(12)15(6)26)18(29)21(7,32)19(30)13(17(14)28)20(23)31;/h3-4,6-7,14-15,25-27,30,32H,5H2,1-2H3,(H2,23,31);1H/t6-,7-,14-,15-,21-;/m0./s1/i1D3;. The van der Waals surface area contributed by atoms with Gasteiger partial charge in [0.2, 0.25) is 5.78 Å². The maximum Gasteiger partial charge on any atom is 0.255 e. The molecule has 1 aromatic carbocycles. The van der Waals surface area contributed by atoms with Crippen LogP contribution in [0.4, 0.5) is 0 Å². The molecule has 1 saturated carbocycles. The number of aromatic hydroxyl groups is 1. The van der Waals surface area contributed by atoms with Gasteiger partial charge in [-0.15, -0.1) is 12.4 Å². The first kappa shape index (κ1) is 20.9. The van der Waals surface area contributed by atoms with Crippen LogP contribution in [0.25, 0.3) is 5.76 Å². The maximum atomic E-state index is 13.7. The molecule has 1 aromatic rings. The van der Waals surface area contributed by atoms with Gasteiger partial charge >= 0.3 is 0 Å². The highest BCUT2D eigenvalue weighted by atomic mass is 35.5. The van der Waals surface area contributed by atoms with Crippen molar-refractivity contribution in [2.24, 2.45) is 17.6 Å². The van der Waals surface area contributed by atoms with Gasteiger partial charge in [-0.2, -0.15) is 0 Å². The van der Waals surface area contributed by atoms with E-state index in [0.717, 1.165) is 13.1 Å². The van der Waals surface area contributed by atoms with Gasteiger partial charge in [0.15, 0.2) is 11.4 Å². The molecular formula is C21H22Cl2N2O8. The fourth-order valence-electron chi connectivity index (χ4n) is 5.09. The first-order chi connectivity index (χ1) is 16.1. The minimum atomic E-state index is -3.05. The molecule has 33 heavy (non-hydrogen) atoms. The Kier molecular flexibility index (Phi) is 5.07. The van der Waals surface area contributed by atoms with E-state index in [2.05, 4.69) is 0 Å². The summed E-state index contributed by atoms with van der Waals surface area (Å²) in [5.74, 6) is -9.87. The van der Waals surface area contributed by atoms with Gasteiger partial charge < -0.3 is 31.3 Å². The maximum absolute atomic E-state index is 13.7. The number of fused-ring (bicyclic) bond motifs is 3. The van der Waals surface area contributed by atoms with Crippen molar-refractivity contribution >= 4 is 47.2 Å². The highest BCUT2D eigenvalue weighted by Gasteiger charge is 2.65. The molecule has 3 aliphatic carbocycles. The largest absolute Gasteiger partial charge is 0.508 e. The Morgan fingerprint density at radius 2 is 1.94 bits per heavy atom. The summed E-state index contributed by atoms with van der Waals surface area (Å²) in [5, 5.41) is 54.5. The van der Waals surface area contributed by atoms with Gasteiger partial charge in [0, 0.05) is 32.1 Å². The lowest BCUT2D eigenvalue weighted by molar-refractivity contribution is -0.155. The smallest absolute Gasteiger partial charge is 0.255 e. The summed E-state index contributed by atoms with van der Waals surface area (Å²) in [7, 11) is 1.01. The van der Waals surface area contributed by atoms with Crippen LogP contribution in [-0.4, -0.2) is 73.6 Å². The summed E-state index contributed by atoms with van der Waals surface area (Å²) in [6.07, 6.45) is -2.12. The van der Waals surface area contributed by atoms with E-state index < -0.39 is 88.9 Å². The van der Waals surface area contributed by atoms with Gasteiger partial charge in [0.25, 0.3) is 5.91 Å². The summed E-state index contributed by atoms with van der Waals surface area (Å²) >= 11 is 6.17. The number of halogens is 2. The minimum absolute atomic E-state index is 0. The Morgan fingerprint density at radius 1 is 1.30 bits per heavy atom. The third-order valence-electron chi connectivity index (χ3n) is 6.50. The van der Waals surface area contributed by atoms with E-state index in [4.69, 9.17) is 21.4 Å². The lowest BCUT2D eigenvalue weighted by atomic mass is 9.57. The average Bonchev–Trinajstić information content (AvgIpc) is 2.74. The van der Waals surface area contributed by atoms with Gasteiger partial charge in [-0.25, -0.2) is 0 Å². The normalized spacial score (nSPS) is 32.8. The van der Waals surface area contributed by atoms with E-state index in [1.54, 1.807) is 0 Å². The number of hydrogen-bond donors (Lipinski definition) is 6. The molecule has 4 rings (SSSR count). The van der Waals surface area contributed by atoms with Crippen LogP contribution in [0.5, 0.6) is 5.75 Å². The van der Waals surface area contributed by atoms with Crippen LogP contribution in [0.2, 0.25) is 5.02 Å². The first-order valence-corrected chi connectivity index (χ1v) is 9.85. The number of nitrogens with zero attached hydrogens (tertiary/aromatic N) is 1. The van der Waals surface area contributed by atoms with Gasteiger partial charge in [0.05, 0.1) is 17.7 Å². The Bertz CT molecular complexity index is 1260. The summed E-state index contributed by atoms with van der Waals surface area (Å²) in [5.41, 5.74) is -0.0607. The molecule has 0 unspecified atom stereocenters. The Morgan fingerprint density at radius 3 is 2.52 bits per heavy atom. The fraction of sp³-hybridized carbons (Fsp3) is 0.381. The predicted molar refractivity (Wildman–Crippen MR) is 118 cm³/mol. The summed E-state index contributed by atoms with van der Waals surface area (Å²) in [6.45, 7) is -2.94. The molecule has 0 spiro atoms. The van der Waals surface area contributed by atoms with E-state index in [0.29, 0.717) is 4.90 Å². The number of hydrogen-bond acceptors (Lipinski definition) is 9. The van der Waals surface area contributed by atoms with Crippen LogP contribution in [0.15, 0.2) is 29.0 Å². The molecule has 178 valence electrons. The second kappa shape index (κ2) is 8.00. The van der Waals surface area contributed by atoms with Gasteiger partial charge in [-0.1, -0.05) is 11.6 Å². The fourth-order valence-corrected chi connectivity index (χ4v) is 5.36. The molecule has 0 heterocycles. The summed E-state index contributed by atoms with van der Waals surface area (Å²) in [4.78, 5) is 39.4. The van der Waals surface area contributed by atoms with Crippen molar-refractivity contribution in [3.8, 4) is 5.75 Å². The van der Waals surface area contributed by atoms with Crippen LogP contribution in [0.1, 0.15) is 27.8 Å². The van der Waals surface area contributed by atoms with Gasteiger partial charge in [0.1, 0.15) is 22.8 Å². The van der Waals surface area contributed by atoms with Crippen LogP contribution >= 0.6 is 24.0 Å². The predicted octanol–water partition coefficient (Wildman–Crippen LogP) is 0.530. The Hall–Kier alpha value is -2.63. The van der Waals surface area contributed by atoms with E-state index >= 15 is 0 Å². The molecule has 5 atom stereocenters. The van der Waals surface area contributed by atoms with Gasteiger partial charge in [-0.3, -0.25) is 19.3 Å². The Labute approximate surface area is 203 Å². The molecule has 0 aliphatic heterocycles. The zero-order chi connectivity index (χ0) is 26.4. The molecule has 10 nitrogen and oxygen atoms in total. The number of benzene rings is 1. The zero-order valence-electron chi connectivity index (χ0n) is 19.9. The molecular weight excluding hydrogens is 479 g/mol. The number of aliphatic hydroxyl groups excluding tert-OH is 3. The van der Waals surface area contributed by atoms with Crippen LogP contribution in [-0.2, 0) is 14.4 Å². The van der Waals surface area contributed by atoms with Crippen molar-refractivity contribution in [3.05, 3.63) is 45.2 Å². The molecule has 0 aromatic heterocycles. The highest BCUT2D eigenvalue weighted by Crippen LogP contribution is 2.56. The second-order valence-electron chi connectivity index (χ2n) is 8.11. The van der Waals surface area contributed by atoms with E-state index in [9.17, 15) is 39.9 Å². The number of Topliss-reactive ketones (excluding diaryl/α,β-unsaturated/α-hetero) is 2. The number of ketones is 2. The van der Waals surface area contributed by atoms with Crippen molar-refractivity contribution in [3.63, 3.8) is 0 Å². The van der Waals surface area contributed by atoms with E-state index in [1.165, 1.54) is 6.07 Å². The van der Waals surface area contributed by atoms with Crippen molar-refractivity contribution in [2.45, 2.75) is 24.2 Å². The third kappa shape index (κ3) is 3.09. The van der Waals surface area contributed by atoms with Crippen LogP contribution in [0.3, 0.4) is 0 Å². The van der Waals surface area contributed by atoms with E-state index in [1.807, 2.05) is 0 Å². The molecule has 7 N–H and O–H groups in total. The lowest BCUT2D eigenvalue weighted by Gasteiger charge is -2.51. The van der Waals surface area contributed by atoms with Gasteiger partial charge in [-0.05, 0) is 32.6 Å². The minimum Gasteiger partial charge on any atom is -0.508 e. The number of phenols is 1. The number of primary amides is 1. The summed E-state index contributed by atoms with van der Waals surface area (Å²) < 4.78 is 23.1. The zero-order valence-corrected chi connectivity index (χ0v) is 18.5. The van der Waals surface area contributed by atoms with Crippen LogP contribution < -0.4 is 5.73 Å². The molecule has 0 bridgehead atoms. The van der Waals surface area contributed by atoms with Crippen molar-refractivity contribution < 1.29 is 44.0 Å². The highest BCUT2D eigenvalue weighted by molar-refractivity contribution is 6.32. The molecule has 0 saturated heterocycles. The number of nitrogens with two attached hydrogens (primary N) is 1. The molecule has 1 amide bonds. The van der Waals surface area contributed by atoms with Crippen molar-refractivity contribution in [1.82, 2.24) is 4.90 Å². The molecule has 1 fully saturated rings. The number of phenolic OH excluding ortho intramolecular Hbond substituents is 1. The van der Waals surface area contributed by atoms with Crippen molar-refractivity contribution in [1.29, 1.82) is 0 Å². The number of aliphatic hydroxyl groups is 4. The number of rotatable bonds is 2. The van der Waals surface area contributed by atoms with Crippen LogP contribution in [0, 0.1) is 11.8 Å². The molecule has 12 heteroatoms. The lowest BCUT2D eigenvalue weighted by Crippen LogP contribution is -2.66. The average molecular weight is 504 g/mol. The molecule has 3 aliphatic rings.